The summed E-state index contributed by atoms with van der Waals surface area (Å²) in [4.78, 5) is 20.2. The average Bonchev–Trinajstić information content (AvgIpc) is 3.16. The van der Waals surface area contributed by atoms with E-state index in [1.165, 1.54) is 0 Å². The lowest BCUT2D eigenvalue weighted by Crippen LogP contribution is -2.26. The van der Waals surface area contributed by atoms with E-state index >= 15 is 0 Å². The molecule has 0 atom stereocenters. The molecular weight excluding hydrogens is 314 g/mol. The molecule has 2 aromatic heterocycles. The fraction of sp³-hybridized carbons (Fsp3) is 0.200. The number of carbonyl (C=O) groups excluding carboxylic acids is 1. The van der Waals surface area contributed by atoms with Gasteiger partial charge < -0.3 is 14.7 Å². The third-order valence-corrected chi connectivity index (χ3v) is 4.38. The van der Waals surface area contributed by atoms with Crippen molar-refractivity contribution in [2.45, 2.75) is 20.3 Å². The SMILES string of the molecule is Cc1ccc2oc(C(=O)NCCc3nc4ccccc4[nH]3)c(C)c2c1. The van der Waals surface area contributed by atoms with Crippen LogP contribution >= 0.6 is 0 Å². The molecule has 0 saturated carbocycles. The van der Waals surface area contributed by atoms with Gasteiger partial charge in [0, 0.05) is 23.9 Å². The lowest BCUT2D eigenvalue weighted by Gasteiger charge is -2.02. The number of carbonyl (C=O) groups is 1. The van der Waals surface area contributed by atoms with Crippen molar-refractivity contribution in [2.24, 2.45) is 0 Å². The van der Waals surface area contributed by atoms with E-state index in [1.807, 2.05) is 56.3 Å². The number of aryl methyl sites for hydroxylation is 2. The molecule has 126 valence electrons. The topological polar surface area (TPSA) is 70.9 Å². The van der Waals surface area contributed by atoms with E-state index in [1.54, 1.807) is 0 Å². The Kier molecular flexibility index (Phi) is 3.76. The largest absolute Gasteiger partial charge is 0.451 e. The number of nitrogens with zero attached hydrogens (tertiary/aromatic N) is 1. The molecule has 0 bridgehead atoms. The second kappa shape index (κ2) is 6.09. The highest BCUT2D eigenvalue weighted by atomic mass is 16.3. The molecule has 0 aliphatic heterocycles. The Balaban J connectivity index is 1.46. The maximum absolute atomic E-state index is 12.4. The van der Waals surface area contributed by atoms with Crippen LogP contribution in [0.4, 0.5) is 0 Å². The molecule has 0 radical (unpaired) electrons. The second-order valence-electron chi connectivity index (χ2n) is 6.26. The van der Waals surface area contributed by atoms with Gasteiger partial charge in [-0.2, -0.15) is 0 Å². The molecule has 0 aliphatic rings. The molecule has 0 fully saturated rings. The number of amides is 1. The monoisotopic (exact) mass is 333 g/mol. The molecule has 0 unspecified atom stereocenters. The van der Waals surface area contributed by atoms with Crippen molar-refractivity contribution < 1.29 is 9.21 Å². The summed E-state index contributed by atoms with van der Waals surface area (Å²) >= 11 is 0. The van der Waals surface area contributed by atoms with Gasteiger partial charge in [0.2, 0.25) is 0 Å². The van der Waals surface area contributed by atoms with Gasteiger partial charge in [0.05, 0.1) is 11.0 Å². The third-order valence-electron chi connectivity index (χ3n) is 4.38. The zero-order valence-electron chi connectivity index (χ0n) is 14.2. The maximum atomic E-state index is 12.4. The summed E-state index contributed by atoms with van der Waals surface area (Å²) in [5.74, 6) is 1.05. The molecule has 4 rings (SSSR count). The molecule has 2 heterocycles. The quantitative estimate of drug-likeness (QED) is 0.595. The van der Waals surface area contributed by atoms with Crippen molar-refractivity contribution in [2.75, 3.05) is 6.54 Å². The highest BCUT2D eigenvalue weighted by Crippen LogP contribution is 2.26. The lowest BCUT2D eigenvalue weighted by atomic mass is 10.1. The van der Waals surface area contributed by atoms with Gasteiger partial charge in [-0.05, 0) is 38.1 Å². The number of imidazole rings is 1. The Morgan fingerprint density at radius 2 is 2.04 bits per heavy atom. The summed E-state index contributed by atoms with van der Waals surface area (Å²) in [7, 11) is 0. The number of furan rings is 1. The van der Waals surface area contributed by atoms with Crippen LogP contribution in [0.25, 0.3) is 22.0 Å². The average molecular weight is 333 g/mol. The second-order valence-corrected chi connectivity index (χ2v) is 6.26. The molecule has 4 aromatic rings. The molecule has 2 N–H and O–H groups in total. The van der Waals surface area contributed by atoms with Gasteiger partial charge in [-0.15, -0.1) is 0 Å². The number of nitrogens with one attached hydrogen (secondary N) is 2. The minimum atomic E-state index is -0.192. The standard InChI is InChI=1S/C20H19N3O2/c1-12-7-8-17-14(11-12)13(2)19(25-17)20(24)21-10-9-18-22-15-5-3-4-6-16(15)23-18/h3-8,11H,9-10H2,1-2H3,(H,21,24)(H,22,23). The number of hydrogen-bond acceptors (Lipinski definition) is 3. The van der Waals surface area contributed by atoms with Crippen molar-refractivity contribution in [3.8, 4) is 0 Å². The normalized spacial score (nSPS) is 11.3. The zero-order valence-corrected chi connectivity index (χ0v) is 14.2. The van der Waals surface area contributed by atoms with Gasteiger partial charge in [0.25, 0.3) is 5.91 Å². The summed E-state index contributed by atoms with van der Waals surface area (Å²) in [5.41, 5.74) is 4.71. The van der Waals surface area contributed by atoms with E-state index in [4.69, 9.17) is 4.42 Å². The molecule has 5 nitrogen and oxygen atoms in total. The Hall–Kier alpha value is -3.08. The summed E-state index contributed by atoms with van der Waals surface area (Å²) < 4.78 is 5.73. The van der Waals surface area contributed by atoms with E-state index in [-0.39, 0.29) is 5.91 Å². The summed E-state index contributed by atoms with van der Waals surface area (Å²) in [6.07, 6.45) is 0.638. The Morgan fingerprint density at radius 1 is 1.20 bits per heavy atom. The first-order valence-electron chi connectivity index (χ1n) is 8.33. The van der Waals surface area contributed by atoms with Crippen molar-refractivity contribution in [3.63, 3.8) is 0 Å². The molecular formula is C20H19N3O2. The Bertz CT molecular complexity index is 1040. The number of aromatic amines is 1. The number of para-hydroxylation sites is 2. The summed E-state index contributed by atoms with van der Waals surface area (Å²) in [6, 6.07) is 13.8. The number of rotatable bonds is 4. The van der Waals surface area contributed by atoms with E-state index in [2.05, 4.69) is 15.3 Å². The van der Waals surface area contributed by atoms with Gasteiger partial charge in [0.15, 0.2) is 5.76 Å². The van der Waals surface area contributed by atoms with E-state index in [0.29, 0.717) is 18.7 Å². The third kappa shape index (κ3) is 2.89. The zero-order chi connectivity index (χ0) is 17.4. The van der Waals surface area contributed by atoms with Crippen LogP contribution in [0.1, 0.15) is 27.5 Å². The van der Waals surface area contributed by atoms with Crippen LogP contribution in [0.2, 0.25) is 0 Å². The fourth-order valence-corrected chi connectivity index (χ4v) is 3.05. The van der Waals surface area contributed by atoms with E-state index in [0.717, 1.165) is 39.0 Å². The predicted octanol–water partition coefficient (Wildman–Crippen LogP) is 3.90. The van der Waals surface area contributed by atoms with Gasteiger partial charge in [-0.3, -0.25) is 4.79 Å². The van der Waals surface area contributed by atoms with Crippen molar-refractivity contribution in [3.05, 3.63) is 65.2 Å². The van der Waals surface area contributed by atoms with E-state index < -0.39 is 0 Å². The van der Waals surface area contributed by atoms with Gasteiger partial charge in [-0.1, -0.05) is 23.8 Å². The molecule has 5 heteroatoms. The number of fused-ring (bicyclic) bond motifs is 2. The van der Waals surface area contributed by atoms with Crippen LogP contribution in [-0.4, -0.2) is 22.4 Å². The highest BCUT2D eigenvalue weighted by Gasteiger charge is 2.17. The molecule has 0 saturated heterocycles. The minimum Gasteiger partial charge on any atom is -0.451 e. The molecule has 2 aromatic carbocycles. The number of benzene rings is 2. The minimum absolute atomic E-state index is 0.192. The van der Waals surface area contributed by atoms with Gasteiger partial charge in [0.1, 0.15) is 11.4 Å². The predicted molar refractivity (Wildman–Crippen MR) is 97.8 cm³/mol. The first-order valence-corrected chi connectivity index (χ1v) is 8.33. The number of hydrogen-bond donors (Lipinski definition) is 2. The van der Waals surface area contributed by atoms with Crippen LogP contribution in [-0.2, 0) is 6.42 Å². The Morgan fingerprint density at radius 3 is 2.88 bits per heavy atom. The van der Waals surface area contributed by atoms with Crippen molar-refractivity contribution >= 4 is 27.9 Å². The molecule has 1 amide bonds. The van der Waals surface area contributed by atoms with Crippen LogP contribution in [0, 0.1) is 13.8 Å². The fourth-order valence-electron chi connectivity index (χ4n) is 3.05. The van der Waals surface area contributed by atoms with Gasteiger partial charge in [-0.25, -0.2) is 4.98 Å². The first-order chi connectivity index (χ1) is 12.1. The summed E-state index contributed by atoms with van der Waals surface area (Å²) in [6.45, 7) is 4.44. The first kappa shape index (κ1) is 15.4. The van der Waals surface area contributed by atoms with Crippen LogP contribution in [0.3, 0.4) is 0 Å². The number of aromatic nitrogens is 2. The van der Waals surface area contributed by atoms with Crippen molar-refractivity contribution in [1.29, 1.82) is 0 Å². The smallest absolute Gasteiger partial charge is 0.287 e. The van der Waals surface area contributed by atoms with Crippen LogP contribution < -0.4 is 5.32 Å². The molecule has 25 heavy (non-hydrogen) atoms. The maximum Gasteiger partial charge on any atom is 0.287 e. The lowest BCUT2D eigenvalue weighted by molar-refractivity contribution is 0.0927. The number of H-pyrrole nitrogens is 1. The van der Waals surface area contributed by atoms with Crippen LogP contribution in [0.15, 0.2) is 46.9 Å². The van der Waals surface area contributed by atoms with E-state index in [9.17, 15) is 4.79 Å². The molecule has 0 aliphatic carbocycles. The van der Waals surface area contributed by atoms with Crippen molar-refractivity contribution in [1.82, 2.24) is 15.3 Å². The highest BCUT2D eigenvalue weighted by molar-refractivity contribution is 5.99. The summed E-state index contributed by atoms with van der Waals surface area (Å²) in [5, 5.41) is 3.90. The van der Waals surface area contributed by atoms with Gasteiger partial charge >= 0.3 is 0 Å². The Labute approximate surface area is 145 Å². The van der Waals surface area contributed by atoms with Crippen LogP contribution in [0.5, 0.6) is 0 Å². The molecule has 0 spiro atoms.